The Bertz CT molecular complexity index is 782. The number of likely N-dealkylation sites (N-methyl/N-ethyl adjacent to an activating group) is 1. The highest BCUT2D eigenvalue weighted by molar-refractivity contribution is 6.02. The highest BCUT2D eigenvalue weighted by atomic mass is 16.6. The van der Waals surface area contributed by atoms with Gasteiger partial charge in [-0.05, 0) is 14.0 Å². The van der Waals surface area contributed by atoms with E-state index in [1.54, 1.807) is 13.0 Å². The fourth-order valence-corrected chi connectivity index (χ4v) is 3.13. The molecule has 2 rings (SSSR count). The van der Waals surface area contributed by atoms with E-state index in [1.807, 2.05) is 11.9 Å². The molecule has 0 N–H and O–H groups in total. The summed E-state index contributed by atoms with van der Waals surface area (Å²) in [5.41, 5.74) is -1.40. The first-order chi connectivity index (χ1) is 13.6. The summed E-state index contributed by atoms with van der Waals surface area (Å²) in [6.45, 7) is 8.54. The van der Waals surface area contributed by atoms with Crippen molar-refractivity contribution in [2.24, 2.45) is 5.92 Å². The molecule has 2 bridgehead atoms. The lowest BCUT2D eigenvalue weighted by Crippen LogP contribution is -2.47. The molecule has 0 aromatic heterocycles. The van der Waals surface area contributed by atoms with Gasteiger partial charge in [-0.1, -0.05) is 31.7 Å². The zero-order valence-electron chi connectivity index (χ0n) is 17.2. The van der Waals surface area contributed by atoms with E-state index in [0.29, 0.717) is 19.5 Å². The maximum absolute atomic E-state index is 12.9. The van der Waals surface area contributed by atoms with Crippen molar-refractivity contribution < 1.29 is 33.4 Å². The van der Waals surface area contributed by atoms with Gasteiger partial charge in [0, 0.05) is 37.9 Å². The van der Waals surface area contributed by atoms with E-state index >= 15 is 0 Å². The van der Waals surface area contributed by atoms with Crippen LogP contribution < -0.4 is 0 Å². The van der Waals surface area contributed by atoms with Gasteiger partial charge in [-0.15, -0.1) is 0 Å². The van der Waals surface area contributed by atoms with Gasteiger partial charge in [0.15, 0.2) is 6.10 Å². The van der Waals surface area contributed by atoms with Crippen LogP contribution in [0.5, 0.6) is 0 Å². The molecule has 8 nitrogen and oxygen atoms in total. The summed E-state index contributed by atoms with van der Waals surface area (Å²) in [5.74, 6) is -3.35. The first-order valence-corrected chi connectivity index (χ1v) is 9.42. The van der Waals surface area contributed by atoms with Crippen LogP contribution in [-0.4, -0.2) is 67.0 Å². The summed E-state index contributed by atoms with van der Waals surface area (Å²) in [5, 5.41) is 0. The van der Waals surface area contributed by atoms with Crippen LogP contribution in [0.2, 0.25) is 0 Å². The van der Waals surface area contributed by atoms with E-state index in [9.17, 15) is 19.2 Å². The largest absolute Gasteiger partial charge is 0.458 e. The molecule has 3 atom stereocenters. The molecule has 0 radical (unpaired) electrons. The minimum Gasteiger partial charge on any atom is -0.458 e. The first-order valence-electron chi connectivity index (χ1n) is 9.42. The number of hydrogen-bond donors (Lipinski definition) is 0. The molecule has 2 aliphatic heterocycles. The maximum Gasteiger partial charge on any atom is 0.351 e. The number of rotatable bonds is 2. The van der Waals surface area contributed by atoms with Gasteiger partial charge in [-0.25, -0.2) is 9.59 Å². The van der Waals surface area contributed by atoms with E-state index in [4.69, 9.17) is 14.2 Å². The Kier molecular flexibility index (Phi) is 7.13. The van der Waals surface area contributed by atoms with Gasteiger partial charge in [0.05, 0.1) is 5.57 Å². The zero-order chi connectivity index (χ0) is 21.8. The smallest absolute Gasteiger partial charge is 0.351 e. The lowest BCUT2D eigenvalue weighted by atomic mass is 9.88. The van der Waals surface area contributed by atoms with Crippen molar-refractivity contribution in [1.29, 1.82) is 0 Å². The molecule has 0 amide bonds. The summed E-state index contributed by atoms with van der Waals surface area (Å²) in [4.78, 5) is 52.0. The summed E-state index contributed by atoms with van der Waals surface area (Å²) >= 11 is 0. The van der Waals surface area contributed by atoms with Crippen LogP contribution in [0.25, 0.3) is 0 Å². The van der Waals surface area contributed by atoms with Gasteiger partial charge < -0.3 is 19.1 Å². The number of carbonyl (C=O) groups is 4. The topological polar surface area (TPSA) is 99.2 Å². The molecule has 0 aliphatic carbocycles. The number of nitrogens with zero attached hydrogens (tertiary/aromatic N) is 1. The highest BCUT2D eigenvalue weighted by Gasteiger charge is 2.44. The number of cyclic esters (lactones) is 1. The van der Waals surface area contributed by atoms with Crippen LogP contribution in [-0.2, 0) is 33.4 Å². The van der Waals surface area contributed by atoms with Crippen LogP contribution in [0, 0.1) is 5.92 Å². The second-order valence-corrected chi connectivity index (χ2v) is 7.43. The number of carbonyl (C=O) groups excluding carboxylic acids is 4. The molecular formula is C21H27NO7. The van der Waals surface area contributed by atoms with Gasteiger partial charge in [0.2, 0.25) is 11.4 Å². The molecule has 8 heteroatoms. The molecule has 29 heavy (non-hydrogen) atoms. The molecule has 158 valence electrons. The van der Waals surface area contributed by atoms with E-state index in [-0.39, 0.29) is 17.8 Å². The number of Topliss-reactive ketones (excluding diaryl/α,β-unsaturated/α-hetero) is 1. The number of esters is 3. The molecule has 2 aliphatic rings. The van der Waals surface area contributed by atoms with Crippen molar-refractivity contribution in [3.63, 3.8) is 0 Å². The van der Waals surface area contributed by atoms with Crippen LogP contribution in [0.4, 0.5) is 0 Å². The number of hydrogen-bond acceptors (Lipinski definition) is 8. The maximum atomic E-state index is 12.9. The lowest BCUT2D eigenvalue weighted by Gasteiger charge is -2.32. The Labute approximate surface area is 170 Å². The molecule has 0 fully saturated rings. The van der Waals surface area contributed by atoms with Crippen LogP contribution in [0.1, 0.15) is 27.2 Å². The van der Waals surface area contributed by atoms with Crippen molar-refractivity contribution in [1.82, 2.24) is 4.90 Å². The van der Waals surface area contributed by atoms with Gasteiger partial charge in [-0.2, -0.15) is 0 Å². The molecule has 0 spiro atoms. The lowest BCUT2D eigenvalue weighted by molar-refractivity contribution is -0.183. The van der Waals surface area contributed by atoms with Gasteiger partial charge in [0.1, 0.15) is 6.61 Å². The second-order valence-electron chi connectivity index (χ2n) is 7.43. The molecule has 0 saturated carbocycles. The highest BCUT2D eigenvalue weighted by Crippen LogP contribution is 2.28. The number of ketones is 1. The quantitative estimate of drug-likeness (QED) is 0.502. The van der Waals surface area contributed by atoms with E-state index in [0.717, 1.165) is 0 Å². The minimum absolute atomic E-state index is 0.0676. The molecule has 0 saturated heterocycles. The fraction of sp³-hybridized carbons (Fsp3) is 0.524. The third kappa shape index (κ3) is 5.20. The van der Waals surface area contributed by atoms with E-state index < -0.39 is 41.3 Å². The Morgan fingerprint density at radius 2 is 2.07 bits per heavy atom. The molecule has 0 unspecified atom stereocenters. The van der Waals surface area contributed by atoms with Gasteiger partial charge in [0.25, 0.3) is 0 Å². The van der Waals surface area contributed by atoms with Crippen LogP contribution in [0.15, 0.2) is 36.0 Å². The van der Waals surface area contributed by atoms with Crippen molar-refractivity contribution in [3.8, 4) is 0 Å². The van der Waals surface area contributed by atoms with E-state index in [2.05, 4.69) is 6.58 Å². The third-order valence-corrected chi connectivity index (χ3v) is 5.15. The molecule has 0 aromatic rings. The third-order valence-electron chi connectivity index (χ3n) is 5.15. The van der Waals surface area contributed by atoms with Crippen molar-refractivity contribution >= 4 is 23.7 Å². The molecular weight excluding hydrogens is 378 g/mol. The van der Waals surface area contributed by atoms with Gasteiger partial charge in [-0.3, -0.25) is 9.59 Å². The standard InChI is InChI=1S/C21H27NO7/c1-6-15-11-13(2)21(4,29-14(3)23)20(26)27-12-16-7-9-22(5)10-8-17(18(16)24)28-19(15)25/h6-7,11,13,17H,1,8-10,12H2,2-5H3/b15-11-,16-7-/t13-,17-,21+/m1/s1. The van der Waals surface area contributed by atoms with Crippen molar-refractivity contribution in [3.05, 3.63) is 36.0 Å². The Hall–Kier alpha value is -2.74. The average Bonchev–Trinajstić information content (AvgIpc) is 2.65. The van der Waals surface area contributed by atoms with E-state index in [1.165, 1.54) is 26.0 Å². The van der Waals surface area contributed by atoms with Crippen LogP contribution in [0.3, 0.4) is 0 Å². The SMILES string of the molecule is C=C/C1=C/[C@@H](C)[C@](C)(OC(C)=O)C(=O)OC/C2=C/CN(C)CC[C@@H](OC1=O)C2=O. The average molecular weight is 405 g/mol. The first kappa shape index (κ1) is 22.5. The van der Waals surface area contributed by atoms with Crippen molar-refractivity contribution in [2.75, 3.05) is 26.7 Å². The Balaban J connectivity index is 2.54. The Morgan fingerprint density at radius 3 is 2.69 bits per heavy atom. The fourth-order valence-electron chi connectivity index (χ4n) is 3.13. The Morgan fingerprint density at radius 1 is 1.38 bits per heavy atom. The minimum atomic E-state index is -1.69. The summed E-state index contributed by atoms with van der Waals surface area (Å²) in [7, 11) is 1.87. The zero-order valence-corrected chi connectivity index (χ0v) is 17.2. The summed E-state index contributed by atoms with van der Waals surface area (Å²) in [6.07, 6.45) is 3.68. The van der Waals surface area contributed by atoms with Crippen LogP contribution >= 0.6 is 0 Å². The predicted octanol–water partition coefficient (Wildman–Crippen LogP) is 1.36. The normalized spacial score (nSPS) is 33.2. The second kappa shape index (κ2) is 9.17. The number of fused-ring (bicyclic) bond motifs is 2. The molecule has 2 heterocycles. The molecule has 0 aromatic carbocycles. The predicted molar refractivity (Wildman–Crippen MR) is 104 cm³/mol. The van der Waals surface area contributed by atoms with Gasteiger partial charge >= 0.3 is 17.9 Å². The summed E-state index contributed by atoms with van der Waals surface area (Å²) in [6, 6.07) is 0. The van der Waals surface area contributed by atoms with Crippen molar-refractivity contribution in [2.45, 2.75) is 38.9 Å². The monoisotopic (exact) mass is 405 g/mol. The summed E-state index contributed by atoms with van der Waals surface area (Å²) < 4.78 is 16.1. The number of ether oxygens (including phenoxy) is 3.